The predicted molar refractivity (Wildman–Crippen MR) is 76.5 cm³/mol. The maximum absolute atomic E-state index is 11.9. The van der Waals surface area contributed by atoms with E-state index >= 15 is 0 Å². The largest absolute Gasteiger partial charge is 0.465 e. The van der Waals surface area contributed by atoms with Crippen LogP contribution < -0.4 is 0 Å². The number of halogens is 1. The lowest BCUT2D eigenvalue weighted by Gasteiger charge is -2.23. The Kier molecular flexibility index (Phi) is 5.62. The number of carbonyl (C=O) groups excluding carboxylic acids is 2. The van der Waals surface area contributed by atoms with Crippen molar-refractivity contribution < 1.29 is 19.1 Å². The third-order valence-electron chi connectivity index (χ3n) is 2.96. The Labute approximate surface area is 121 Å². The Morgan fingerprint density at radius 3 is 2.11 bits per heavy atom. The van der Waals surface area contributed by atoms with Crippen LogP contribution in [0.1, 0.15) is 33.1 Å². The fraction of sp³-hybridized carbons (Fsp3) is 0.692. The van der Waals surface area contributed by atoms with Crippen molar-refractivity contribution in [3.8, 4) is 0 Å². The second kappa shape index (κ2) is 6.54. The molecule has 0 saturated heterocycles. The van der Waals surface area contributed by atoms with Crippen molar-refractivity contribution in [3.63, 3.8) is 0 Å². The van der Waals surface area contributed by atoms with E-state index in [0.717, 1.165) is 12.8 Å². The van der Waals surface area contributed by atoms with Crippen molar-refractivity contribution in [1.29, 1.82) is 0 Å². The zero-order valence-electron chi connectivity index (χ0n) is 10.8. The van der Waals surface area contributed by atoms with E-state index in [2.05, 4.69) is 6.58 Å². The zero-order valence-corrected chi connectivity index (χ0v) is 13.0. The minimum Gasteiger partial charge on any atom is -0.465 e. The van der Waals surface area contributed by atoms with Gasteiger partial charge in [-0.2, -0.15) is 0 Å². The Morgan fingerprint density at radius 1 is 1.33 bits per heavy atom. The average molecular weight is 366 g/mol. The molecule has 0 aliphatic heterocycles. The first-order valence-electron chi connectivity index (χ1n) is 6.16. The van der Waals surface area contributed by atoms with Crippen LogP contribution in [0.2, 0.25) is 0 Å². The van der Waals surface area contributed by atoms with Crippen LogP contribution in [0.25, 0.3) is 0 Å². The van der Waals surface area contributed by atoms with Crippen molar-refractivity contribution in [2.24, 2.45) is 5.92 Å². The normalized spacial score (nSPS) is 18.4. The van der Waals surface area contributed by atoms with E-state index < -0.39 is 15.4 Å². The maximum atomic E-state index is 11.9. The van der Waals surface area contributed by atoms with Gasteiger partial charge in [-0.25, -0.2) is 9.59 Å². The van der Waals surface area contributed by atoms with Crippen LogP contribution in [0.4, 0.5) is 0 Å². The summed E-state index contributed by atoms with van der Waals surface area (Å²) in [4.78, 5) is 23.9. The molecule has 18 heavy (non-hydrogen) atoms. The van der Waals surface area contributed by atoms with Crippen molar-refractivity contribution in [1.82, 2.24) is 0 Å². The topological polar surface area (TPSA) is 52.6 Å². The van der Waals surface area contributed by atoms with Crippen molar-refractivity contribution in [2.75, 3.05) is 13.2 Å². The summed E-state index contributed by atoms with van der Waals surface area (Å²) in [6.45, 7) is 7.85. The van der Waals surface area contributed by atoms with Crippen LogP contribution in [0, 0.1) is 5.92 Å². The fourth-order valence-electron chi connectivity index (χ4n) is 1.72. The van der Waals surface area contributed by atoms with E-state index in [1.807, 2.05) is 22.6 Å². The standard InChI is InChI=1S/C13H19IO4/c1-4-17-11(15)13(14,12(16)18-5-2)7-6-10-8-9(10)3/h10H,3-8H2,1-2H3. The summed E-state index contributed by atoms with van der Waals surface area (Å²) >= 11 is 1.86. The SMILES string of the molecule is C=C1CC1CCC(I)(C(=O)OCC)C(=O)OCC. The summed E-state index contributed by atoms with van der Waals surface area (Å²) in [7, 11) is 0. The van der Waals surface area contributed by atoms with E-state index in [1.54, 1.807) is 13.8 Å². The monoisotopic (exact) mass is 366 g/mol. The first-order valence-corrected chi connectivity index (χ1v) is 7.24. The van der Waals surface area contributed by atoms with Gasteiger partial charge in [0.2, 0.25) is 3.42 Å². The number of carbonyl (C=O) groups is 2. The van der Waals surface area contributed by atoms with Gasteiger partial charge >= 0.3 is 11.9 Å². The lowest BCUT2D eigenvalue weighted by atomic mass is 10.0. The first kappa shape index (κ1) is 15.5. The van der Waals surface area contributed by atoms with Gasteiger partial charge in [-0.1, -0.05) is 34.7 Å². The molecule has 0 heterocycles. The van der Waals surface area contributed by atoms with Gasteiger partial charge in [0.25, 0.3) is 0 Å². The molecule has 1 unspecified atom stereocenters. The Morgan fingerprint density at radius 2 is 1.78 bits per heavy atom. The van der Waals surface area contributed by atoms with Crippen LogP contribution >= 0.6 is 22.6 Å². The van der Waals surface area contributed by atoms with Gasteiger partial charge in [0.05, 0.1) is 13.2 Å². The molecule has 0 N–H and O–H groups in total. The van der Waals surface area contributed by atoms with Gasteiger partial charge in [-0.05, 0) is 39.0 Å². The molecule has 0 aromatic rings. The molecule has 0 amide bonds. The molecular formula is C13H19IO4. The maximum Gasteiger partial charge on any atom is 0.333 e. The highest BCUT2D eigenvalue weighted by Crippen LogP contribution is 2.42. The molecule has 1 atom stereocenters. The van der Waals surface area contributed by atoms with Crippen LogP contribution in [0.5, 0.6) is 0 Å². The molecule has 0 radical (unpaired) electrons. The molecule has 1 fully saturated rings. The van der Waals surface area contributed by atoms with E-state index in [-0.39, 0.29) is 13.2 Å². The summed E-state index contributed by atoms with van der Waals surface area (Å²) in [5.41, 5.74) is 1.20. The summed E-state index contributed by atoms with van der Waals surface area (Å²) in [5, 5.41) is 0. The van der Waals surface area contributed by atoms with Crippen molar-refractivity contribution in [2.45, 2.75) is 36.5 Å². The number of rotatable bonds is 7. The van der Waals surface area contributed by atoms with Crippen molar-refractivity contribution >= 4 is 34.5 Å². The molecule has 1 saturated carbocycles. The van der Waals surface area contributed by atoms with E-state index in [9.17, 15) is 9.59 Å². The van der Waals surface area contributed by atoms with Crippen LogP contribution in [-0.4, -0.2) is 28.6 Å². The number of hydrogen-bond donors (Lipinski definition) is 0. The van der Waals surface area contributed by atoms with Gasteiger partial charge in [0, 0.05) is 0 Å². The molecule has 1 aliphatic carbocycles. The highest BCUT2D eigenvalue weighted by molar-refractivity contribution is 14.1. The first-order chi connectivity index (χ1) is 8.45. The summed E-state index contributed by atoms with van der Waals surface area (Å²) in [6.07, 6.45) is 2.21. The molecule has 4 nitrogen and oxygen atoms in total. The Hall–Kier alpha value is -0.590. The number of hydrogen-bond acceptors (Lipinski definition) is 4. The number of allylic oxidation sites excluding steroid dienone is 1. The third kappa shape index (κ3) is 3.70. The lowest BCUT2D eigenvalue weighted by molar-refractivity contribution is -0.158. The van der Waals surface area contributed by atoms with Gasteiger partial charge in [-0.3, -0.25) is 0 Å². The van der Waals surface area contributed by atoms with Crippen molar-refractivity contribution in [3.05, 3.63) is 12.2 Å². The van der Waals surface area contributed by atoms with Gasteiger partial charge in [-0.15, -0.1) is 0 Å². The zero-order chi connectivity index (χ0) is 13.8. The minimum atomic E-state index is -1.22. The van der Waals surface area contributed by atoms with E-state index in [0.29, 0.717) is 12.3 Å². The summed E-state index contributed by atoms with van der Waals surface area (Å²) in [5.74, 6) is -0.561. The molecule has 0 aromatic heterocycles. The molecule has 102 valence electrons. The summed E-state index contributed by atoms with van der Waals surface area (Å²) < 4.78 is 8.75. The quantitative estimate of drug-likeness (QED) is 0.229. The smallest absolute Gasteiger partial charge is 0.333 e. The number of alkyl halides is 1. The van der Waals surface area contributed by atoms with E-state index in [1.165, 1.54) is 5.57 Å². The molecule has 0 spiro atoms. The Balaban J connectivity index is 2.68. The number of esters is 2. The molecule has 1 aliphatic rings. The van der Waals surface area contributed by atoms with Crippen LogP contribution in [0.3, 0.4) is 0 Å². The summed E-state index contributed by atoms with van der Waals surface area (Å²) in [6, 6.07) is 0. The lowest BCUT2D eigenvalue weighted by Crippen LogP contribution is -2.43. The minimum absolute atomic E-state index is 0.263. The fourth-order valence-corrected chi connectivity index (χ4v) is 2.34. The molecular weight excluding hydrogens is 347 g/mol. The highest BCUT2D eigenvalue weighted by atomic mass is 127. The predicted octanol–water partition coefficient (Wildman–Crippen LogP) is 2.64. The molecule has 0 bridgehead atoms. The van der Waals surface area contributed by atoms with Gasteiger partial charge in [0.1, 0.15) is 0 Å². The average Bonchev–Trinajstić information content (AvgIpc) is 3.03. The van der Waals surface area contributed by atoms with Gasteiger partial charge < -0.3 is 9.47 Å². The Bertz CT molecular complexity index is 333. The molecule has 1 rings (SSSR count). The highest BCUT2D eigenvalue weighted by Gasteiger charge is 2.47. The second-order valence-electron chi connectivity index (χ2n) is 4.34. The van der Waals surface area contributed by atoms with Crippen LogP contribution in [0.15, 0.2) is 12.2 Å². The van der Waals surface area contributed by atoms with Gasteiger partial charge in [0.15, 0.2) is 0 Å². The third-order valence-corrected chi connectivity index (χ3v) is 4.38. The van der Waals surface area contributed by atoms with Crippen LogP contribution in [-0.2, 0) is 19.1 Å². The van der Waals surface area contributed by atoms with E-state index in [4.69, 9.17) is 9.47 Å². The number of ether oxygens (including phenoxy) is 2. The molecule has 5 heteroatoms. The molecule has 0 aromatic carbocycles. The second-order valence-corrected chi connectivity index (χ2v) is 6.18.